The van der Waals surface area contributed by atoms with Gasteiger partial charge in [0.25, 0.3) is 0 Å². The molecule has 0 unspecified atom stereocenters. The molecule has 0 amide bonds. The second-order valence-corrected chi connectivity index (χ2v) is 1.26. The van der Waals surface area contributed by atoms with Crippen LogP contribution in [0.1, 0.15) is 0 Å². The molecule has 0 radical (unpaired) electrons. The van der Waals surface area contributed by atoms with Crippen molar-refractivity contribution in [3.63, 3.8) is 0 Å². The molecule has 38 valence electrons. The van der Waals surface area contributed by atoms with Crippen molar-refractivity contribution in [3.05, 3.63) is 36.3 Å². The van der Waals surface area contributed by atoms with Crippen molar-refractivity contribution in [2.45, 2.75) is 0 Å². The van der Waals surface area contributed by atoms with Crippen molar-refractivity contribution in [1.29, 1.82) is 0 Å². The first kappa shape index (κ1) is 6.57. The van der Waals surface area contributed by atoms with Gasteiger partial charge in [-0.25, -0.2) is 0 Å². The summed E-state index contributed by atoms with van der Waals surface area (Å²) in [5, 5.41) is 1.67. The van der Waals surface area contributed by atoms with E-state index in [1.807, 2.05) is 18.2 Å². The van der Waals surface area contributed by atoms with Crippen LogP contribution in [-0.2, 0) is 0 Å². The maximum Gasteiger partial charge on any atom is -0.0324 e. The van der Waals surface area contributed by atoms with Gasteiger partial charge in [0, 0.05) is 0 Å². The summed E-state index contributed by atoms with van der Waals surface area (Å²) in [7, 11) is 0. The summed E-state index contributed by atoms with van der Waals surface area (Å²) in [6.45, 7) is 3.49. The summed E-state index contributed by atoms with van der Waals surface area (Å²) in [4.78, 5) is 0. The molecule has 0 heterocycles. The van der Waals surface area contributed by atoms with Crippen LogP contribution in [0.25, 0.3) is 0 Å². The number of hydrogen-bond acceptors (Lipinski definition) is 1. The molecule has 0 aromatic rings. The van der Waals surface area contributed by atoms with Crippen LogP contribution in [0.4, 0.5) is 0 Å². The molecule has 0 bridgehead atoms. The van der Waals surface area contributed by atoms with Crippen LogP contribution in [0.15, 0.2) is 36.3 Å². The van der Waals surface area contributed by atoms with Crippen molar-refractivity contribution in [3.8, 4) is 0 Å². The molecule has 0 aliphatic carbocycles. The molecule has 0 atom stereocenters. The SMILES string of the molecule is C=C/C=C\C=C\S. The molecular weight excluding hydrogens is 104 g/mol. The van der Waals surface area contributed by atoms with E-state index in [2.05, 4.69) is 19.2 Å². The highest BCUT2D eigenvalue weighted by molar-refractivity contribution is 7.83. The van der Waals surface area contributed by atoms with E-state index in [9.17, 15) is 0 Å². The van der Waals surface area contributed by atoms with Crippen molar-refractivity contribution in [2.75, 3.05) is 0 Å². The Hall–Kier alpha value is -0.430. The van der Waals surface area contributed by atoms with Gasteiger partial charge in [0.1, 0.15) is 0 Å². The Morgan fingerprint density at radius 3 is 2.29 bits per heavy atom. The molecule has 0 saturated heterocycles. The van der Waals surface area contributed by atoms with E-state index in [1.165, 1.54) is 0 Å². The monoisotopic (exact) mass is 112 g/mol. The molecule has 0 aliphatic heterocycles. The Morgan fingerprint density at radius 1 is 1.14 bits per heavy atom. The van der Waals surface area contributed by atoms with Gasteiger partial charge < -0.3 is 0 Å². The quantitative estimate of drug-likeness (QED) is 0.411. The third-order valence-electron chi connectivity index (χ3n) is 0.444. The standard InChI is InChI=1S/C6H8S/c1-2-3-4-5-6-7/h2-7H,1H2/b4-3-,6-5+. The normalized spacial score (nSPS) is 11.0. The van der Waals surface area contributed by atoms with Crippen LogP contribution >= 0.6 is 12.6 Å². The minimum Gasteiger partial charge on any atom is -0.151 e. The van der Waals surface area contributed by atoms with Crippen LogP contribution in [-0.4, -0.2) is 0 Å². The molecule has 0 aliphatic rings. The van der Waals surface area contributed by atoms with E-state index in [1.54, 1.807) is 11.5 Å². The van der Waals surface area contributed by atoms with E-state index in [0.717, 1.165) is 0 Å². The van der Waals surface area contributed by atoms with Crippen LogP contribution in [0.3, 0.4) is 0 Å². The number of thiol groups is 1. The first-order valence-corrected chi connectivity index (χ1v) is 2.52. The van der Waals surface area contributed by atoms with Crippen molar-refractivity contribution in [1.82, 2.24) is 0 Å². The Balaban J connectivity index is 3.27. The van der Waals surface area contributed by atoms with E-state index in [-0.39, 0.29) is 0 Å². The first-order valence-electron chi connectivity index (χ1n) is 2.00. The fraction of sp³-hybridized carbons (Fsp3) is 0. The average molecular weight is 112 g/mol. The number of hydrogen-bond donors (Lipinski definition) is 1. The third kappa shape index (κ3) is 5.57. The van der Waals surface area contributed by atoms with Crippen LogP contribution in [0, 0.1) is 0 Å². The molecule has 0 spiro atoms. The molecular formula is C6H8S. The summed E-state index contributed by atoms with van der Waals surface area (Å²) >= 11 is 3.83. The lowest BCUT2D eigenvalue weighted by molar-refractivity contribution is 1.97. The average Bonchev–Trinajstić information content (AvgIpc) is 1.69. The molecule has 0 fully saturated rings. The first-order chi connectivity index (χ1) is 3.41. The molecule has 0 rings (SSSR count). The third-order valence-corrected chi connectivity index (χ3v) is 0.617. The van der Waals surface area contributed by atoms with Crippen molar-refractivity contribution >= 4 is 12.6 Å². The van der Waals surface area contributed by atoms with Gasteiger partial charge in [0.05, 0.1) is 0 Å². The van der Waals surface area contributed by atoms with E-state index in [0.29, 0.717) is 0 Å². The Labute approximate surface area is 49.7 Å². The van der Waals surface area contributed by atoms with E-state index in [4.69, 9.17) is 0 Å². The highest BCUT2D eigenvalue weighted by Crippen LogP contribution is 1.78. The lowest BCUT2D eigenvalue weighted by Gasteiger charge is -1.64. The number of rotatable bonds is 2. The Kier molecular flexibility index (Phi) is 5.23. The molecule has 0 N–H and O–H groups in total. The highest BCUT2D eigenvalue weighted by atomic mass is 32.1. The van der Waals surface area contributed by atoms with Gasteiger partial charge in [-0.15, -0.1) is 0 Å². The summed E-state index contributed by atoms with van der Waals surface area (Å²) in [6.07, 6.45) is 7.24. The highest BCUT2D eigenvalue weighted by Gasteiger charge is 1.52. The Morgan fingerprint density at radius 2 is 1.86 bits per heavy atom. The minimum absolute atomic E-state index is 1.67. The van der Waals surface area contributed by atoms with Gasteiger partial charge in [-0.3, -0.25) is 0 Å². The topological polar surface area (TPSA) is 0 Å². The molecule has 0 nitrogen and oxygen atoms in total. The molecule has 1 heteroatoms. The maximum atomic E-state index is 3.83. The van der Waals surface area contributed by atoms with Gasteiger partial charge in [-0.2, -0.15) is 12.6 Å². The van der Waals surface area contributed by atoms with Gasteiger partial charge in [-0.1, -0.05) is 30.9 Å². The zero-order chi connectivity index (χ0) is 5.54. The van der Waals surface area contributed by atoms with E-state index >= 15 is 0 Å². The fourth-order valence-corrected chi connectivity index (χ4v) is 0.292. The smallest absolute Gasteiger partial charge is 0.0324 e. The lowest BCUT2D eigenvalue weighted by Crippen LogP contribution is -1.41. The molecule has 0 aromatic heterocycles. The molecule has 0 aromatic carbocycles. The summed E-state index contributed by atoms with van der Waals surface area (Å²) in [5.74, 6) is 0. The van der Waals surface area contributed by atoms with Crippen molar-refractivity contribution in [2.24, 2.45) is 0 Å². The van der Waals surface area contributed by atoms with Crippen LogP contribution in [0.2, 0.25) is 0 Å². The second-order valence-electron chi connectivity index (χ2n) is 0.962. The van der Waals surface area contributed by atoms with Crippen molar-refractivity contribution < 1.29 is 0 Å². The fourth-order valence-electron chi connectivity index (χ4n) is 0.192. The second kappa shape index (κ2) is 5.57. The summed E-state index contributed by atoms with van der Waals surface area (Å²) in [5.41, 5.74) is 0. The molecule has 7 heavy (non-hydrogen) atoms. The van der Waals surface area contributed by atoms with Gasteiger partial charge in [-0.05, 0) is 5.41 Å². The van der Waals surface area contributed by atoms with Crippen LogP contribution < -0.4 is 0 Å². The zero-order valence-corrected chi connectivity index (χ0v) is 4.94. The summed E-state index contributed by atoms with van der Waals surface area (Å²) < 4.78 is 0. The largest absolute Gasteiger partial charge is 0.151 e. The minimum atomic E-state index is 1.67. The molecule has 0 saturated carbocycles. The Bertz CT molecular complexity index is 90.4. The number of allylic oxidation sites excluding steroid dienone is 4. The van der Waals surface area contributed by atoms with Gasteiger partial charge >= 0.3 is 0 Å². The van der Waals surface area contributed by atoms with E-state index < -0.39 is 0 Å². The van der Waals surface area contributed by atoms with Gasteiger partial charge in [0.15, 0.2) is 0 Å². The predicted molar refractivity (Wildman–Crippen MR) is 37.5 cm³/mol. The summed E-state index contributed by atoms with van der Waals surface area (Å²) in [6, 6.07) is 0. The lowest BCUT2D eigenvalue weighted by atomic mass is 10.5. The predicted octanol–water partition coefficient (Wildman–Crippen LogP) is 2.17. The maximum absolute atomic E-state index is 3.83. The van der Waals surface area contributed by atoms with Gasteiger partial charge in [0.2, 0.25) is 0 Å². The van der Waals surface area contributed by atoms with Crippen LogP contribution in [0.5, 0.6) is 0 Å². The zero-order valence-electron chi connectivity index (χ0n) is 4.04.